The topological polar surface area (TPSA) is 21.1 Å². The minimum Gasteiger partial charge on any atom is -0.327 e. The first-order valence-corrected chi connectivity index (χ1v) is 8.45. The van der Waals surface area contributed by atoms with E-state index in [-0.39, 0.29) is 0 Å². The molecule has 2 aromatic rings. The Kier molecular flexibility index (Phi) is 4.29. The molecule has 3 heteroatoms. The van der Waals surface area contributed by atoms with Crippen LogP contribution in [-0.4, -0.2) is 33.6 Å². The van der Waals surface area contributed by atoms with E-state index in [0.29, 0.717) is 6.04 Å². The summed E-state index contributed by atoms with van der Waals surface area (Å²) >= 11 is 0. The van der Waals surface area contributed by atoms with E-state index in [9.17, 15) is 0 Å². The minimum atomic E-state index is 0.692. The molecule has 114 valence electrons. The van der Waals surface area contributed by atoms with Gasteiger partial charge in [0.2, 0.25) is 0 Å². The first-order valence-electron chi connectivity index (χ1n) is 8.45. The van der Waals surface area contributed by atoms with Crippen LogP contribution in [0.2, 0.25) is 0 Å². The van der Waals surface area contributed by atoms with Crippen LogP contribution in [0, 0.1) is 0 Å². The van der Waals surface area contributed by atoms with Gasteiger partial charge in [-0.15, -0.1) is 0 Å². The Morgan fingerprint density at radius 2 is 2.05 bits per heavy atom. The van der Waals surface area contributed by atoms with Gasteiger partial charge >= 0.3 is 0 Å². The number of imidazole rings is 1. The highest BCUT2D eigenvalue weighted by molar-refractivity contribution is 5.77. The lowest BCUT2D eigenvalue weighted by molar-refractivity contribution is 0.203. The van der Waals surface area contributed by atoms with Crippen molar-refractivity contribution in [2.75, 3.05) is 13.1 Å². The zero-order valence-electron chi connectivity index (χ0n) is 13.6. The van der Waals surface area contributed by atoms with E-state index in [1.807, 2.05) is 0 Å². The van der Waals surface area contributed by atoms with Crippen molar-refractivity contribution in [2.45, 2.75) is 59.0 Å². The highest BCUT2D eigenvalue weighted by Crippen LogP contribution is 2.21. The fourth-order valence-corrected chi connectivity index (χ4v) is 3.51. The van der Waals surface area contributed by atoms with Crippen LogP contribution in [0.25, 0.3) is 11.0 Å². The first kappa shape index (κ1) is 14.6. The Morgan fingerprint density at radius 3 is 2.81 bits per heavy atom. The van der Waals surface area contributed by atoms with Crippen molar-refractivity contribution in [1.29, 1.82) is 0 Å². The molecule has 1 atom stereocenters. The average molecular weight is 285 g/mol. The monoisotopic (exact) mass is 285 g/mol. The van der Waals surface area contributed by atoms with Gasteiger partial charge < -0.3 is 4.57 Å². The molecule has 1 aliphatic rings. The molecule has 0 radical (unpaired) electrons. The Labute approximate surface area is 128 Å². The average Bonchev–Trinajstić information content (AvgIpc) is 2.70. The van der Waals surface area contributed by atoms with Crippen molar-refractivity contribution < 1.29 is 0 Å². The maximum absolute atomic E-state index is 4.90. The van der Waals surface area contributed by atoms with Gasteiger partial charge in [-0.3, -0.25) is 4.90 Å². The Morgan fingerprint density at radius 1 is 1.19 bits per heavy atom. The summed E-state index contributed by atoms with van der Waals surface area (Å²) in [4.78, 5) is 7.53. The molecule has 0 bridgehead atoms. The molecule has 3 rings (SSSR count). The Balaban J connectivity index is 1.84. The molecular formula is C18H27N3. The Bertz CT molecular complexity index is 614. The lowest BCUT2D eigenvalue weighted by Crippen LogP contribution is -2.35. The maximum atomic E-state index is 4.90. The van der Waals surface area contributed by atoms with Gasteiger partial charge in [0.1, 0.15) is 5.82 Å². The molecular weight excluding hydrogens is 258 g/mol. The molecule has 0 saturated carbocycles. The molecule has 1 aromatic heterocycles. The van der Waals surface area contributed by atoms with Crippen molar-refractivity contribution in [3.8, 4) is 0 Å². The molecule has 0 aliphatic carbocycles. The van der Waals surface area contributed by atoms with Crippen molar-refractivity contribution in [3.63, 3.8) is 0 Å². The number of nitrogens with zero attached hydrogens (tertiary/aromatic N) is 3. The highest BCUT2D eigenvalue weighted by Gasteiger charge is 2.20. The lowest BCUT2D eigenvalue weighted by Gasteiger charge is -2.27. The van der Waals surface area contributed by atoms with Crippen LogP contribution >= 0.6 is 0 Å². The van der Waals surface area contributed by atoms with Crippen molar-refractivity contribution in [2.24, 2.45) is 0 Å². The van der Waals surface area contributed by atoms with Gasteiger partial charge in [-0.2, -0.15) is 0 Å². The molecule has 0 saturated heterocycles. The number of benzene rings is 1. The van der Waals surface area contributed by atoms with Gasteiger partial charge in [0.05, 0.1) is 11.0 Å². The van der Waals surface area contributed by atoms with E-state index in [1.165, 1.54) is 35.3 Å². The molecule has 1 unspecified atom stereocenters. The first-order chi connectivity index (χ1) is 10.2. The third-order valence-electron chi connectivity index (χ3n) is 4.86. The fourth-order valence-electron chi connectivity index (χ4n) is 3.51. The summed E-state index contributed by atoms with van der Waals surface area (Å²) in [5.41, 5.74) is 3.88. The SMILES string of the molecule is CCCC(C)N1CCc2nc3cc(CC)ccc3n2CC1. The molecule has 0 fully saturated rings. The van der Waals surface area contributed by atoms with Gasteiger partial charge in [-0.25, -0.2) is 4.98 Å². The zero-order chi connectivity index (χ0) is 14.8. The number of hydrogen-bond acceptors (Lipinski definition) is 2. The predicted molar refractivity (Wildman–Crippen MR) is 88.8 cm³/mol. The summed E-state index contributed by atoms with van der Waals surface area (Å²) in [6, 6.07) is 7.46. The second-order valence-electron chi connectivity index (χ2n) is 6.28. The second kappa shape index (κ2) is 6.18. The molecule has 1 aromatic carbocycles. The number of hydrogen-bond donors (Lipinski definition) is 0. The van der Waals surface area contributed by atoms with E-state index in [1.54, 1.807) is 0 Å². The van der Waals surface area contributed by atoms with Gasteiger partial charge in [0.25, 0.3) is 0 Å². The number of aromatic nitrogens is 2. The highest BCUT2D eigenvalue weighted by atomic mass is 15.2. The predicted octanol–water partition coefficient (Wildman–Crippen LogP) is 3.65. The van der Waals surface area contributed by atoms with Crippen LogP contribution < -0.4 is 0 Å². The summed E-state index contributed by atoms with van der Waals surface area (Å²) in [6.45, 7) is 10.2. The van der Waals surface area contributed by atoms with Crippen molar-refractivity contribution >= 4 is 11.0 Å². The van der Waals surface area contributed by atoms with Crippen LogP contribution in [0.15, 0.2) is 18.2 Å². The molecule has 0 spiro atoms. The van der Waals surface area contributed by atoms with Gasteiger partial charge in [0, 0.05) is 32.1 Å². The fraction of sp³-hybridized carbons (Fsp3) is 0.611. The summed E-state index contributed by atoms with van der Waals surface area (Å²) < 4.78 is 2.44. The smallest absolute Gasteiger partial charge is 0.111 e. The van der Waals surface area contributed by atoms with Crippen molar-refractivity contribution in [3.05, 3.63) is 29.6 Å². The van der Waals surface area contributed by atoms with E-state index in [2.05, 4.69) is 48.4 Å². The minimum absolute atomic E-state index is 0.692. The normalized spacial score (nSPS) is 17.7. The Hall–Kier alpha value is -1.35. The van der Waals surface area contributed by atoms with Gasteiger partial charge in [-0.05, 0) is 37.5 Å². The van der Waals surface area contributed by atoms with Crippen LogP contribution in [0.1, 0.15) is 45.0 Å². The van der Waals surface area contributed by atoms with Crippen molar-refractivity contribution in [1.82, 2.24) is 14.5 Å². The molecule has 0 N–H and O–H groups in total. The van der Waals surface area contributed by atoms with E-state index in [4.69, 9.17) is 4.98 Å². The summed E-state index contributed by atoms with van der Waals surface area (Å²) in [7, 11) is 0. The zero-order valence-corrected chi connectivity index (χ0v) is 13.6. The summed E-state index contributed by atoms with van der Waals surface area (Å²) in [5, 5.41) is 0. The molecule has 2 heterocycles. The summed E-state index contributed by atoms with van der Waals surface area (Å²) in [5.74, 6) is 1.27. The van der Waals surface area contributed by atoms with E-state index >= 15 is 0 Å². The third kappa shape index (κ3) is 2.84. The molecule has 1 aliphatic heterocycles. The standard InChI is InChI=1S/C18H27N3/c1-4-6-14(3)20-10-9-18-19-16-13-15(5-2)7-8-17(16)21(18)12-11-20/h7-8,13-14H,4-6,9-12H2,1-3H3. The lowest BCUT2D eigenvalue weighted by atomic mass is 10.1. The van der Waals surface area contributed by atoms with Gasteiger partial charge in [-0.1, -0.05) is 26.3 Å². The molecule has 0 amide bonds. The maximum Gasteiger partial charge on any atom is 0.111 e. The van der Waals surface area contributed by atoms with Gasteiger partial charge in [0.15, 0.2) is 0 Å². The van der Waals surface area contributed by atoms with Crippen LogP contribution in [0.4, 0.5) is 0 Å². The van der Waals surface area contributed by atoms with E-state index < -0.39 is 0 Å². The van der Waals surface area contributed by atoms with E-state index in [0.717, 1.165) is 32.5 Å². The quantitative estimate of drug-likeness (QED) is 0.855. The number of aryl methyl sites for hydroxylation is 1. The number of rotatable bonds is 4. The third-order valence-corrected chi connectivity index (χ3v) is 4.86. The largest absolute Gasteiger partial charge is 0.327 e. The van der Waals surface area contributed by atoms with Crippen LogP contribution in [-0.2, 0) is 19.4 Å². The molecule has 3 nitrogen and oxygen atoms in total. The molecule has 21 heavy (non-hydrogen) atoms. The summed E-state index contributed by atoms with van der Waals surface area (Å²) in [6.07, 6.45) is 4.72. The van der Waals surface area contributed by atoms with Crippen LogP contribution in [0.5, 0.6) is 0 Å². The second-order valence-corrected chi connectivity index (χ2v) is 6.28. The van der Waals surface area contributed by atoms with Crippen LogP contribution in [0.3, 0.4) is 0 Å². The number of fused-ring (bicyclic) bond motifs is 3.